The molecular formula is C16H17ClO3. The van der Waals surface area contributed by atoms with E-state index >= 15 is 0 Å². The van der Waals surface area contributed by atoms with Gasteiger partial charge in [-0.3, -0.25) is 0 Å². The minimum absolute atomic E-state index is 0.605. The van der Waals surface area contributed by atoms with Gasteiger partial charge in [-0.05, 0) is 47.9 Å². The van der Waals surface area contributed by atoms with Crippen molar-refractivity contribution in [3.8, 4) is 11.5 Å². The number of aryl methyl sites for hydroxylation is 1. The van der Waals surface area contributed by atoms with Gasteiger partial charge >= 0.3 is 0 Å². The van der Waals surface area contributed by atoms with Crippen LogP contribution in [0.2, 0.25) is 5.02 Å². The van der Waals surface area contributed by atoms with Crippen molar-refractivity contribution in [2.24, 2.45) is 0 Å². The molecule has 0 heterocycles. The average Bonchev–Trinajstić information content (AvgIpc) is 2.44. The van der Waals surface area contributed by atoms with Gasteiger partial charge in [-0.25, -0.2) is 0 Å². The summed E-state index contributed by atoms with van der Waals surface area (Å²) in [7, 11) is 3.16. The fourth-order valence-corrected chi connectivity index (χ4v) is 2.40. The topological polar surface area (TPSA) is 38.7 Å². The number of rotatable bonds is 4. The van der Waals surface area contributed by atoms with E-state index in [-0.39, 0.29) is 0 Å². The van der Waals surface area contributed by atoms with Crippen LogP contribution in [0.25, 0.3) is 0 Å². The molecule has 0 radical (unpaired) electrons. The lowest BCUT2D eigenvalue weighted by atomic mass is 9.99. The molecule has 3 nitrogen and oxygen atoms in total. The van der Waals surface area contributed by atoms with Gasteiger partial charge in [0.15, 0.2) is 0 Å². The zero-order valence-corrected chi connectivity index (χ0v) is 12.4. The van der Waals surface area contributed by atoms with Crippen molar-refractivity contribution >= 4 is 11.6 Å². The van der Waals surface area contributed by atoms with Crippen molar-refractivity contribution in [2.75, 3.05) is 14.2 Å². The average molecular weight is 293 g/mol. The van der Waals surface area contributed by atoms with E-state index in [4.69, 9.17) is 21.1 Å². The molecule has 1 atom stereocenters. The smallest absolute Gasteiger partial charge is 0.122 e. The first-order valence-electron chi connectivity index (χ1n) is 6.21. The predicted molar refractivity (Wildman–Crippen MR) is 79.8 cm³/mol. The summed E-state index contributed by atoms with van der Waals surface area (Å²) in [5.41, 5.74) is 2.44. The van der Waals surface area contributed by atoms with E-state index in [1.54, 1.807) is 38.5 Å². The Balaban J connectivity index is 2.43. The molecule has 0 aliphatic rings. The van der Waals surface area contributed by atoms with Crippen LogP contribution in [0, 0.1) is 6.92 Å². The second-order valence-electron chi connectivity index (χ2n) is 4.61. The summed E-state index contributed by atoms with van der Waals surface area (Å²) in [6.07, 6.45) is -0.781. The molecule has 0 fully saturated rings. The van der Waals surface area contributed by atoms with Crippen LogP contribution in [0.15, 0.2) is 36.4 Å². The van der Waals surface area contributed by atoms with Gasteiger partial charge in [0.05, 0.1) is 14.2 Å². The highest BCUT2D eigenvalue weighted by Gasteiger charge is 2.14. The third kappa shape index (κ3) is 3.24. The number of halogens is 1. The molecule has 0 aliphatic carbocycles. The molecule has 20 heavy (non-hydrogen) atoms. The Morgan fingerprint density at radius 2 is 1.45 bits per heavy atom. The predicted octanol–water partition coefficient (Wildman–Crippen LogP) is 3.75. The quantitative estimate of drug-likeness (QED) is 0.933. The van der Waals surface area contributed by atoms with Gasteiger partial charge in [0.2, 0.25) is 0 Å². The van der Waals surface area contributed by atoms with Crippen molar-refractivity contribution in [2.45, 2.75) is 13.0 Å². The van der Waals surface area contributed by atoms with E-state index in [2.05, 4.69) is 0 Å². The summed E-state index contributed by atoms with van der Waals surface area (Å²) >= 11 is 6.04. The summed E-state index contributed by atoms with van der Waals surface area (Å²) in [5, 5.41) is 11.1. The zero-order valence-electron chi connectivity index (χ0n) is 11.7. The molecule has 1 N–H and O–H groups in total. The Morgan fingerprint density at radius 1 is 0.900 bits per heavy atom. The number of benzene rings is 2. The van der Waals surface area contributed by atoms with Crippen LogP contribution in [-0.2, 0) is 0 Å². The number of ether oxygens (including phenoxy) is 2. The Labute approximate surface area is 123 Å². The first-order chi connectivity index (χ1) is 9.53. The molecule has 2 aromatic carbocycles. The van der Waals surface area contributed by atoms with Crippen molar-refractivity contribution in [1.29, 1.82) is 0 Å². The molecule has 2 rings (SSSR count). The van der Waals surface area contributed by atoms with E-state index < -0.39 is 6.10 Å². The third-order valence-electron chi connectivity index (χ3n) is 3.07. The van der Waals surface area contributed by atoms with E-state index in [0.717, 1.165) is 11.1 Å². The molecule has 0 saturated carbocycles. The van der Waals surface area contributed by atoms with E-state index in [1.807, 2.05) is 19.1 Å². The van der Waals surface area contributed by atoms with Gasteiger partial charge in [-0.2, -0.15) is 0 Å². The van der Waals surface area contributed by atoms with Crippen LogP contribution in [0.5, 0.6) is 11.5 Å². The lowest BCUT2D eigenvalue weighted by Gasteiger charge is -2.15. The highest BCUT2D eigenvalue weighted by molar-refractivity contribution is 6.30. The Kier molecular flexibility index (Phi) is 4.53. The van der Waals surface area contributed by atoms with Crippen LogP contribution < -0.4 is 9.47 Å². The van der Waals surface area contributed by atoms with Crippen molar-refractivity contribution in [3.63, 3.8) is 0 Å². The Morgan fingerprint density at radius 3 is 1.95 bits per heavy atom. The number of aliphatic hydroxyl groups excluding tert-OH is 1. The van der Waals surface area contributed by atoms with Crippen molar-refractivity contribution < 1.29 is 14.6 Å². The molecule has 4 heteroatoms. The zero-order chi connectivity index (χ0) is 14.7. The summed E-state index contributed by atoms with van der Waals surface area (Å²) < 4.78 is 10.4. The molecule has 0 spiro atoms. The van der Waals surface area contributed by atoms with Gasteiger partial charge in [-0.15, -0.1) is 0 Å². The fraction of sp³-hybridized carbons (Fsp3) is 0.250. The van der Waals surface area contributed by atoms with Crippen LogP contribution in [0.3, 0.4) is 0 Å². The highest BCUT2D eigenvalue weighted by Crippen LogP contribution is 2.31. The summed E-state index contributed by atoms with van der Waals surface area (Å²) in [6, 6.07) is 10.8. The van der Waals surface area contributed by atoms with Crippen LogP contribution in [0.4, 0.5) is 0 Å². The molecule has 106 valence electrons. The summed E-state index contributed by atoms with van der Waals surface area (Å²) in [6.45, 7) is 1.94. The molecule has 0 amide bonds. The normalized spacial score (nSPS) is 12.1. The van der Waals surface area contributed by atoms with Crippen LogP contribution in [0.1, 0.15) is 22.8 Å². The fourth-order valence-electron chi connectivity index (χ4n) is 2.10. The lowest BCUT2D eigenvalue weighted by Crippen LogP contribution is -2.01. The first-order valence-corrected chi connectivity index (χ1v) is 6.59. The molecule has 0 aliphatic heterocycles. The number of hydrogen-bond donors (Lipinski definition) is 1. The second kappa shape index (κ2) is 6.16. The van der Waals surface area contributed by atoms with Crippen molar-refractivity contribution in [1.82, 2.24) is 0 Å². The number of methoxy groups -OCH3 is 2. The molecule has 0 saturated heterocycles. The Hall–Kier alpha value is -1.71. The number of aliphatic hydroxyl groups is 1. The van der Waals surface area contributed by atoms with Crippen LogP contribution in [-0.4, -0.2) is 19.3 Å². The maximum Gasteiger partial charge on any atom is 0.122 e. The lowest BCUT2D eigenvalue weighted by molar-refractivity contribution is 0.219. The highest BCUT2D eigenvalue weighted by atomic mass is 35.5. The second-order valence-corrected chi connectivity index (χ2v) is 5.05. The van der Waals surface area contributed by atoms with E-state index in [1.165, 1.54) is 0 Å². The van der Waals surface area contributed by atoms with Gasteiger partial charge in [0, 0.05) is 11.1 Å². The van der Waals surface area contributed by atoms with Crippen LogP contribution >= 0.6 is 11.6 Å². The van der Waals surface area contributed by atoms with Gasteiger partial charge in [0.25, 0.3) is 0 Å². The monoisotopic (exact) mass is 292 g/mol. The van der Waals surface area contributed by atoms with E-state index in [0.29, 0.717) is 22.1 Å². The summed E-state index contributed by atoms with van der Waals surface area (Å²) in [4.78, 5) is 0. The standard InChI is InChI=1S/C16H17ClO3/c1-10-4-11(6-13(17)5-10)16(18)12-7-14(19-2)9-15(8-12)20-3/h4-9,16,18H,1-3H3. The van der Waals surface area contributed by atoms with E-state index in [9.17, 15) is 5.11 Å². The first kappa shape index (κ1) is 14.7. The largest absolute Gasteiger partial charge is 0.497 e. The SMILES string of the molecule is COc1cc(OC)cc(C(O)c2cc(C)cc(Cl)c2)c1. The maximum absolute atomic E-state index is 10.5. The molecule has 0 aromatic heterocycles. The van der Waals surface area contributed by atoms with Gasteiger partial charge in [-0.1, -0.05) is 17.7 Å². The molecule has 1 unspecified atom stereocenters. The number of hydrogen-bond acceptors (Lipinski definition) is 3. The summed E-state index contributed by atoms with van der Waals surface area (Å²) in [5.74, 6) is 1.27. The van der Waals surface area contributed by atoms with Gasteiger partial charge in [0.1, 0.15) is 17.6 Å². The minimum Gasteiger partial charge on any atom is -0.497 e. The molecule has 2 aromatic rings. The minimum atomic E-state index is -0.781. The van der Waals surface area contributed by atoms with Gasteiger partial charge < -0.3 is 14.6 Å². The van der Waals surface area contributed by atoms with Crippen molar-refractivity contribution in [3.05, 3.63) is 58.1 Å². The maximum atomic E-state index is 10.5. The molecule has 0 bridgehead atoms. The molecular weight excluding hydrogens is 276 g/mol. The Bertz CT molecular complexity index is 568. The third-order valence-corrected chi connectivity index (χ3v) is 3.29.